The summed E-state index contributed by atoms with van der Waals surface area (Å²) < 4.78 is 5.47. The van der Waals surface area contributed by atoms with Crippen molar-refractivity contribution in [1.82, 2.24) is 14.7 Å². The number of amides is 1. The van der Waals surface area contributed by atoms with Crippen molar-refractivity contribution >= 4 is 5.91 Å². The largest absolute Gasteiger partial charge is 0.379 e. The molecule has 3 fully saturated rings. The van der Waals surface area contributed by atoms with Gasteiger partial charge in [-0.2, -0.15) is 0 Å². The molecule has 1 aromatic rings. The summed E-state index contributed by atoms with van der Waals surface area (Å²) >= 11 is 0. The Labute approximate surface area is 176 Å². The van der Waals surface area contributed by atoms with Gasteiger partial charge in [0, 0.05) is 44.7 Å². The molecule has 1 saturated carbocycles. The zero-order valence-corrected chi connectivity index (χ0v) is 17.8. The summed E-state index contributed by atoms with van der Waals surface area (Å²) in [5.74, 6) is 0.738. The van der Waals surface area contributed by atoms with Crippen LogP contribution in [0.5, 0.6) is 0 Å². The van der Waals surface area contributed by atoms with E-state index in [2.05, 4.69) is 45.0 Å². The lowest BCUT2D eigenvalue weighted by atomic mass is 10.0. The van der Waals surface area contributed by atoms with Gasteiger partial charge < -0.3 is 14.5 Å². The number of carbonyl (C=O) groups is 1. The van der Waals surface area contributed by atoms with Gasteiger partial charge in [-0.05, 0) is 57.2 Å². The monoisotopic (exact) mass is 399 g/mol. The predicted octanol–water partition coefficient (Wildman–Crippen LogP) is 2.65. The predicted molar refractivity (Wildman–Crippen MR) is 116 cm³/mol. The van der Waals surface area contributed by atoms with Gasteiger partial charge in [-0.15, -0.1) is 0 Å². The topological polar surface area (TPSA) is 36.0 Å². The molecular weight excluding hydrogens is 362 g/mol. The van der Waals surface area contributed by atoms with Gasteiger partial charge in [0.15, 0.2) is 0 Å². The zero-order valence-electron chi connectivity index (χ0n) is 17.8. The number of rotatable bonds is 9. The second-order valence-electron chi connectivity index (χ2n) is 8.95. The molecule has 29 heavy (non-hydrogen) atoms. The van der Waals surface area contributed by atoms with E-state index < -0.39 is 0 Å². The lowest BCUT2D eigenvalue weighted by Crippen LogP contribution is -2.53. The van der Waals surface area contributed by atoms with Crippen molar-refractivity contribution in [1.29, 1.82) is 0 Å². The van der Waals surface area contributed by atoms with E-state index in [-0.39, 0.29) is 0 Å². The number of ether oxygens (including phenoxy) is 1. The van der Waals surface area contributed by atoms with Crippen molar-refractivity contribution in [3.63, 3.8) is 0 Å². The highest BCUT2D eigenvalue weighted by Crippen LogP contribution is 2.32. The summed E-state index contributed by atoms with van der Waals surface area (Å²) in [5.41, 5.74) is 1.43. The molecule has 0 aromatic heterocycles. The lowest BCUT2D eigenvalue weighted by Gasteiger charge is -2.40. The van der Waals surface area contributed by atoms with Gasteiger partial charge in [0.05, 0.1) is 13.2 Å². The molecule has 0 radical (unpaired) electrons. The van der Waals surface area contributed by atoms with E-state index in [4.69, 9.17) is 4.74 Å². The molecule has 5 heteroatoms. The Morgan fingerprint density at radius 3 is 2.55 bits per heavy atom. The van der Waals surface area contributed by atoms with Crippen molar-refractivity contribution in [2.45, 2.75) is 44.6 Å². The SMILES string of the molecule is O=C(C1CC1)N(CCN1CCOCC1)C1CCCN(CCCc2ccccc2)C1. The van der Waals surface area contributed by atoms with E-state index in [9.17, 15) is 4.79 Å². The first kappa shape index (κ1) is 20.8. The number of hydrogen-bond donors (Lipinski definition) is 0. The van der Waals surface area contributed by atoms with Gasteiger partial charge in [-0.1, -0.05) is 30.3 Å². The molecule has 2 heterocycles. The number of likely N-dealkylation sites (tertiary alicyclic amines) is 1. The molecule has 3 aliphatic rings. The van der Waals surface area contributed by atoms with Crippen LogP contribution in [0.1, 0.15) is 37.7 Å². The van der Waals surface area contributed by atoms with E-state index in [1.807, 2.05) is 0 Å². The summed E-state index contributed by atoms with van der Waals surface area (Å²) in [6.45, 7) is 8.91. The van der Waals surface area contributed by atoms with Gasteiger partial charge in [0.25, 0.3) is 0 Å². The average Bonchev–Trinajstić information content (AvgIpc) is 3.61. The molecule has 5 nitrogen and oxygen atoms in total. The molecule has 1 atom stereocenters. The van der Waals surface area contributed by atoms with Crippen molar-refractivity contribution in [3.8, 4) is 0 Å². The molecule has 1 amide bonds. The van der Waals surface area contributed by atoms with Crippen LogP contribution in [-0.2, 0) is 16.0 Å². The smallest absolute Gasteiger partial charge is 0.226 e. The minimum absolute atomic E-state index is 0.313. The first-order chi connectivity index (χ1) is 14.3. The summed E-state index contributed by atoms with van der Waals surface area (Å²) in [5, 5.41) is 0. The Morgan fingerprint density at radius 2 is 1.79 bits per heavy atom. The quantitative estimate of drug-likeness (QED) is 0.640. The number of carbonyl (C=O) groups excluding carboxylic acids is 1. The third-order valence-corrected chi connectivity index (χ3v) is 6.67. The second-order valence-corrected chi connectivity index (χ2v) is 8.95. The highest BCUT2D eigenvalue weighted by molar-refractivity contribution is 5.81. The molecule has 0 spiro atoms. The highest BCUT2D eigenvalue weighted by Gasteiger charge is 2.37. The number of hydrogen-bond acceptors (Lipinski definition) is 4. The van der Waals surface area contributed by atoms with Gasteiger partial charge in [0.1, 0.15) is 0 Å². The van der Waals surface area contributed by atoms with E-state index in [1.54, 1.807) is 0 Å². The summed E-state index contributed by atoms with van der Waals surface area (Å²) in [6, 6.07) is 11.2. The molecule has 0 N–H and O–H groups in total. The minimum atomic E-state index is 0.313. The van der Waals surface area contributed by atoms with Crippen molar-refractivity contribution in [2.24, 2.45) is 5.92 Å². The van der Waals surface area contributed by atoms with Gasteiger partial charge in [0.2, 0.25) is 5.91 Å². The van der Waals surface area contributed by atoms with Crippen LogP contribution in [0.4, 0.5) is 0 Å². The van der Waals surface area contributed by atoms with Gasteiger partial charge >= 0.3 is 0 Å². The molecule has 1 aromatic carbocycles. The lowest BCUT2D eigenvalue weighted by molar-refractivity contribution is -0.136. The van der Waals surface area contributed by atoms with Crippen molar-refractivity contribution < 1.29 is 9.53 Å². The number of benzene rings is 1. The van der Waals surface area contributed by atoms with Crippen LogP contribution in [0.15, 0.2) is 30.3 Å². The van der Waals surface area contributed by atoms with Crippen LogP contribution >= 0.6 is 0 Å². The van der Waals surface area contributed by atoms with E-state index in [0.717, 1.165) is 78.2 Å². The van der Waals surface area contributed by atoms with Crippen molar-refractivity contribution in [3.05, 3.63) is 35.9 Å². The Balaban J connectivity index is 1.28. The fourth-order valence-corrected chi connectivity index (χ4v) is 4.75. The van der Waals surface area contributed by atoms with E-state index in [0.29, 0.717) is 17.9 Å². The normalized spacial score (nSPS) is 23.8. The number of morpholine rings is 1. The zero-order chi connectivity index (χ0) is 19.9. The molecule has 0 bridgehead atoms. The van der Waals surface area contributed by atoms with E-state index in [1.165, 1.54) is 24.9 Å². The van der Waals surface area contributed by atoms with Crippen LogP contribution in [-0.4, -0.2) is 85.7 Å². The van der Waals surface area contributed by atoms with Crippen molar-refractivity contribution in [2.75, 3.05) is 59.0 Å². The number of aryl methyl sites for hydroxylation is 1. The second kappa shape index (κ2) is 10.6. The fraction of sp³-hybridized carbons (Fsp3) is 0.708. The third kappa shape index (κ3) is 6.27. The van der Waals surface area contributed by atoms with Crippen LogP contribution in [0.3, 0.4) is 0 Å². The minimum Gasteiger partial charge on any atom is -0.379 e. The van der Waals surface area contributed by atoms with Crippen LogP contribution in [0, 0.1) is 5.92 Å². The van der Waals surface area contributed by atoms with Crippen LogP contribution in [0.2, 0.25) is 0 Å². The Hall–Kier alpha value is -1.43. The van der Waals surface area contributed by atoms with Gasteiger partial charge in [-0.3, -0.25) is 9.69 Å². The Kier molecular flexibility index (Phi) is 7.58. The molecule has 1 unspecified atom stereocenters. The van der Waals surface area contributed by atoms with E-state index >= 15 is 0 Å². The van der Waals surface area contributed by atoms with Crippen LogP contribution < -0.4 is 0 Å². The standard InChI is InChI=1S/C24H37N3O2/c28-24(22-10-11-22)27(15-14-25-16-18-29-19-17-25)23-9-5-13-26(20-23)12-4-8-21-6-2-1-3-7-21/h1-3,6-7,22-23H,4-5,8-20H2. The first-order valence-corrected chi connectivity index (χ1v) is 11.7. The summed E-state index contributed by atoms with van der Waals surface area (Å²) in [7, 11) is 0. The molecule has 160 valence electrons. The molecule has 1 aliphatic carbocycles. The Bertz CT molecular complexity index is 628. The third-order valence-electron chi connectivity index (χ3n) is 6.67. The maximum atomic E-state index is 13.0. The molecular formula is C24H37N3O2. The first-order valence-electron chi connectivity index (χ1n) is 11.7. The maximum Gasteiger partial charge on any atom is 0.226 e. The summed E-state index contributed by atoms with van der Waals surface area (Å²) in [4.78, 5) is 20.4. The number of nitrogens with zero attached hydrogens (tertiary/aromatic N) is 3. The molecule has 2 saturated heterocycles. The van der Waals surface area contributed by atoms with Gasteiger partial charge in [-0.25, -0.2) is 0 Å². The summed E-state index contributed by atoms with van der Waals surface area (Å²) in [6.07, 6.45) is 6.91. The average molecular weight is 400 g/mol. The maximum absolute atomic E-state index is 13.0. The number of piperidine rings is 1. The molecule has 2 aliphatic heterocycles. The fourth-order valence-electron chi connectivity index (χ4n) is 4.75. The highest BCUT2D eigenvalue weighted by atomic mass is 16.5. The Morgan fingerprint density at radius 1 is 1.00 bits per heavy atom. The molecule has 4 rings (SSSR count). The van der Waals surface area contributed by atoms with Crippen LogP contribution in [0.25, 0.3) is 0 Å².